The van der Waals surface area contributed by atoms with Gasteiger partial charge in [-0.1, -0.05) is 6.42 Å². The number of aromatic nitrogens is 2. The highest BCUT2D eigenvalue weighted by Gasteiger charge is 2.31. The van der Waals surface area contributed by atoms with Gasteiger partial charge < -0.3 is 26.0 Å². The van der Waals surface area contributed by atoms with Crippen molar-refractivity contribution in [2.75, 3.05) is 39.6 Å². The van der Waals surface area contributed by atoms with Crippen LogP contribution in [-0.4, -0.2) is 66.8 Å². The van der Waals surface area contributed by atoms with Crippen LogP contribution in [0.2, 0.25) is 0 Å². The van der Waals surface area contributed by atoms with Crippen LogP contribution in [0.15, 0.2) is 35.1 Å². The number of aliphatic imine (C=N–C) groups is 1. The summed E-state index contributed by atoms with van der Waals surface area (Å²) < 4.78 is 5.62. The molecule has 9 nitrogen and oxygen atoms in total. The Labute approximate surface area is 218 Å². The molecule has 1 amide bonds. The molecule has 0 unspecified atom stereocenters. The van der Waals surface area contributed by atoms with Gasteiger partial charge in [-0.25, -0.2) is 9.97 Å². The molecule has 1 aliphatic heterocycles. The molecule has 2 aliphatic carbocycles. The average molecular weight is 504 g/mol. The van der Waals surface area contributed by atoms with Crippen molar-refractivity contribution in [1.29, 1.82) is 0 Å². The fourth-order valence-corrected chi connectivity index (χ4v) is 5.36. The quantitative estimate of drug-likeness (QED) is 0.495. The maximum Gasteiger partial charge on any atom is 0.251 e. The van der Waals surface area contributed by atoms with E-state index in [9.17, 15) is 4.79 Å². The van der Waals surface area contributed by atoms with E-state index in [2.05, 4.69) is 32.6 Å². The molecule has 196 valence electrons. The smallest absolute Gasteiger partial charge is 0.251 e. The Morgan fingerprint density at radius 2 is 1.97 bits per heavy atom. The second kappa shape index (κ2) is 10.9. The van der Waals surface area contributed by atoms with E-state index in [1.54, 1.807) is 19.2 Å². The molecule has 1 aromatic heterocycles. The van der Waals surface area contributed by atoms with E-state index < -0.39 is 0 Å². The molecule has 5 rings (SSSR count). The van der Waals surface area contributed by atoms with E-state index in [0.29, 0.717) is 28.9 Å². The van der Waals surface area contributed by atoms with Gasteiger partial charge in [-0.15, -0.1) is 0 Å². The number of methoxy groups -OCH3 is 1. The summed E-state index contributed by atoms with van der Waals surface area (Å²) in [5.74, 6) is 1.37. The Kier molecular flexibility index (Phi) is 7.41. The number of benzene rings is 1. The van der Waals surface area contributed by atoms with Crippen molar-refractivity contribution in [3.05, 3.63) is 46.9 Å². The second-order valence-electron chi connectivity index (χ2n) is 10.3. The third-order valence-electron chi connectivity index (χ3n) is 7.84. The molecule has 37 heavy (non-hydrogen) atoms. The number of nitrogens with two attached hydrogens (primary N) is 1. The number of carbonyl (C=O) groups excluding carboxylic acids is 1. The zero-order valence-corrected chi connectivity index (χ0v) is 22.0. The van der Waals surface area contributed by atoms with Crippen LogP contribution < -0.4 is 21.1 Å². The van der Waals surface area contributed by atoms with Gasteiger partial charge in [-0.3, -0.25) is 9.79 Å². The van der Waals surface area contributed by atoms with Crippen molar-refractivity contribution in [2.45, 2.75) is 51.0 Å². The lowest BCUT2D eigenvalue weighted by molar-refractivity contribution is 0.0916. The van der Waals surface area contributed by atoms with Crippen LogP contribution in [0.1, 0.15) is 60.1 Å². The lowest BCUT2D eigenvalue weighted by Crippen LogP contribution is -2.43. The predicted molar refractivity (Wildman–Crippen MR) is 146 cm³/mol. The van der Waals surface area contributed by atoms with Crippen LogP contribution in [-0.2, 0) is 6.42 Å². The van der Waals surface area contributed by atoms with Crippen LogP contribution >= 0.6 is 0 Å². The molecule has 9 heteroatoms. The maximum atomic E-state index is 12.9. The molecule has 4 N–H and O–H groups in total. The Hall–Kier alpha value is -3.46. The Bertz CT molecular complexity index is 1230. The molecular formula is C28H37N7O2. The summed E-state index contributed by atoms with van der Waals surface area (Å²) in [4.78, 5) is 29.2. The van der Waals surface area contributed by atoms with E-state index >= 15 is 0 Å². The number of ether oxygens (including phenoxy) is 1. The number of piperidine rings is 1. The molecular weight excluding hydrogens is 466 g/mol. The van der Waals surface area contributed by atoms with E-state index in [1.807, 2.05) is 19.3 Å². The van der Waals surface area contributed by atoms with E-state index in [-0.39, 0.29) is 11.9 Å². The van der Waals surface area contributed by atoms with Gasteiger partial charge in [0.15, 0.2) is 0 Å². The number of hydrogen-bond acceptors (Lipinski definition) is 8. The number of rotatable bonds is 7. The largest absolute Gasteiger partial charge is 0.495 e. The SMILES string of the molecule is CN=C(C1=C(N)CCc2cnc(Nc3ccc(C(=O)NC4CCN(C)CC4)cc3OC)nc21)C1CCC1. The Morgan fingerprint density at radius 1 is 1.19 bits per heavy atom. The molecule has 1 saturated heterocycles. The first-order valence-corrected chi connectivity index (χ1v) is 13.2. The third-order valence-corrected chi connectivity index (χ3v) is 7.84. The second-order valence-corrected chi connectivity index (χ2v) is 10.3. The zero-order chi connectivity index (χ0) is 25.9. The van der Waals surface area contributed by atoms with Gasteiger partial charge in [0.2, 0.25) is 5.95 Å². The fraction of sp³-hybridized carbons (Fsp3) is 0.500. The summed E-state index contributed by atoms with van der Waals surface area (Å²) in [5.41, 5.74) is 12.6. The normalized spacial score (nSPS) is 19.3. The summed E-state index contributed by atoms with van der Waals surface area (Å²) in [5, 5.41) is 6.45. The Morgan fingerprint density at radius 3 is 2.65 bits per heavy atom. The summed E-state index contributed by atoms with van der Waals surface area (Å²) in [6.45, 7) is 1.99. The van der Waals surface area contributed by atoms with Crippen LogP contribution in [0.4, 0.5) is 11.6 Å². The van der Waals surface area contributed by atoms with Crippen molar-refractivity contribution >= 4 is 28.8 Å². The zero-order valence-electron chi connectivity index (χ0n) is 22.0. The maximum absolute atomic E-state index is 12.9. The number of carbonyl (C=O) groups is 1. The molecule has 2 fully saturated rings. The number of anilines is 2. The average Bonchev–Trinajstić information content (AvgIpc) is 2.88. The standard InChI is InChI=1S/C28H37N7O2/c1-30-25(17-5-4-6-17)24-21(29)9-7-19-16-31-28(34-26(19)24)33-22-10-8-18(15-23(22)37-3)27(36)32-20-11-13-35(2)14-12-20/h8,10,15-17,20H,4-7,9,11-14,29H2,1-3H3,(H,32,36)(H,31,33,34). The van der Waals surface area contributed by atoms with Gasteiger partial charge in [0.05, 0.1) is 18.5 Å². The van der Waals surface area contributed by atoms with Crippen molar-refractivity contribution in [2.24, 2.45) is 16.6 Å². The monoisotopic (exact) mass is 503 g/mol. The lowest BCUT2D eigenvalue weighted by atomic mass is 9.76. The number of nitrogens with one attached hydrogen (secondary N) is 2. The van der Waals surface area contributed by atoms with Crippen molar-refractivity contribution in [3.8, 4) is 5.75 Å². The molecule has 1 saturated carbocycles. The molecule has 0 radical (unpaired) electrons. The van der Waals surface area contributed by atoms with Crippen LogP contribution in [0.25, 0.3) is 5.57 Å². The van der Waals surface area contributed by atoms with E-state index in [1.165, 1.54) is 6.42 Å². The molecule has 1 aromatic carbocycles. The first-order valence-electron chi connectivity index (χ1n) is 13.2. The number of hydrogen-bond donors (Lipinski definition) is 3. The minimum absolute atomic E-state index is 0.0861. The minimum atomic E-state index is -0.0861. The van der Waals surface area contributed by atoms with Gasteiger partial charge >= 0.3 is 0 Å². The van der Waals surface area contributed by atoms with Crippen LogP contribution in [0.3, 0.4) is 0 Å². The van der Waals surface area contributed by atoms with Gasteiger partial charge in [-0.2, -0.15) is 0 Å². The molecule has 0 atom stereocenters. The molecule has 0 spiro atoms. The van der Waals surface area contributed by atoms with Gasteiger partial charge in [0.25, 0.3) is 5.91 Å². The van der Waals surface area contributed by atoms with Gasteiger partial charge in [0, 0.05) is 47.7 Å². The molecule has 2 aromatic rings. The van der Waals surface area contributed by atoms with Gasteiger partial charge in [0.1, 0.15) is 5.75 Å². The van der Waals surface area contributed by atoms with Crippen molar-refractivity contribution in [1.82, 2.24) is 20.2 Å². The summed E-state index contributed by atoms with van der Waals surface area (Å²) >= 11 is 0. The number of amides is 1. The Balaban J connectivity index is 1.36. The van der Waals surface area contributed by atoms with E-state index in [4.69, 9.17) is 15.5 Å². The molecule has 0 bridgehead atoms. The molecule has 2 heterocycles. The third kappa shape index (κ3) is 5.32. The lowest BCUT2D eigenvalue weighted by Gasteiger charge is -2.31. The number of allylic oxidation sites excluding steroid dienone is 2. The summed E-state index contributed by atoms with van der Waals surface area (Å²) in [6, 6.07) is 5.59. The van der Waals surface area contributed by atoms with Crippen LogP contribution in [0, 0.1) is 5.92 Å². The molecule has 3 aliphatic rings. The number of nitrogens with zero attached hydrogens (tertiary/aromatic N) is 4. The highest BCUT2D eigenvalue weighted by atomic mass is 16.5. The topological polar surface area (TPSA) is 118 Å². The predicted octanol–water partition coefficient (Wildman–Crippen LogP) is 3.54. The van der Waals surface area contributed by atoms with E-state index in [0.717, 1.165) is 79.9 Å². The van der Waals surface area contributed by atoms with Gasteiger partial charge in [-0.05, 0) is 82.4 Å². The van der Waals surface area contributed by atoms with Crippen molar-refractivity contribution in [3.63, 3.8) is 0 Å². The fourth-order valence-electron chi connectivity index (χ4n) is 5.36. The first-order chi connectivity index (χ1) is 18.0. The van der Waals surface area contributed by atoms with Crippen molar-refractivity contribution < 1.29 is 9.53 Å². The minimum Gasteiger partial charge on any atom is -0.495 e. The number of fused-ring (bicyclic) bond motifs is 1. The number of aryl methyl sites for hydroxylation is 1. The number of likely N-dealkylation sites (tertiary alicyclic amines) is 1. The summed E-state index contributed by atoms with van der Waals surface area (Å²) in [7, 11) is 5.55. The highest BCUT2D eigenvalue weighted by molar-refractivity contribution is 6.26. The summed E-state index contributed by atoms with van der Waals surface area (Å²) in [6.07, 6.45) is 8.92. The first kappa shape index (κ1) is 25.2. The highest BCUT2D eigenvalue weighted by Crippen LogP contribution is 2.38. The van der Waals surface area contributed by atoms with Crippen LogP contribution in [0.5, 0.6) is 5.75 Å².